The molecule has 1 fully saturated rings. The number of piperidine rings is 1. The number of hydrogen-bond donors (Lipinski definition) is 1. The smallest absolute Gasteiger partial charge is 0.145 e. The van der Waals surface area contributed by atoms with Gasteiger partial charge in [0.15, 0.2) is 0 Å². The van der Waals surface area contributed by atoms with Gasteiger partial charge in [-0.25, -0.2) is 9.90 Å². The highest BCUT2D eigenvalue weighted by Crippen LogP contribution is 2.05. The first-order valence-electron chi connectivity index (χ1n) is 4.91. The summed E-state index contributed by atoms with van der Waals surface area (Å²) in [6.45, 7) is 3.05. The lowest BCUT2D eigenvalue weighted by Crippen LogP contribution is -2.19. The highest BCUT2D eigenvalue weighted by molar-refractivity contribution is 5.51. The van der Waals surface area contributed by atoms with Crippen molar-refractivity contribution in [2.24, 2.45) is 0 Å². The minimum absolute atomic E-state index is 0.0938. The van der Waals surface area contributed by atoms with Crippen LogP contribution in [0, 0.1) is 0 Å². The Labute approximate surface area is 79.8 Å². The van der Waals surface area contributed by atoms with Gasteiger partial charge in [-0.2, -0.15) is 0 Å². The van der Waals surface area contributed by atoms with E-state index in [-0.39, 0.29) is 6.61 Å². The molecule has 0 aromatic heterocycles. The molecule has 13 heavy (non-hydrogen) atoms. The summed E-state index contributed by atoms with van der Waals surface area (Å²) in [6.07, 6.45) is 5.08. The maximum Gasteiger partial charge on any atom is 0.145 e. The van der Waals surface area contributed by atoms with Gasteiger partial charge < -0.3 is 5.32 Å². The van der Waals surface area contributed by atoms with Crippen molar-refractivity contribution in [3.63, 3.8) is 0 Å². The molecule has 0 atom stereocenters. The van der Waals surface area contributed by atoms with E-state index in [2.05, 4.69) is 5.32 Å². The summed E-state index contributed by atoms with van der Waals surface area (Å²) in [6, 6.07) is 0. The highest BCUT2D eigenvalue weighted by atomic mass is 16.2. The molecule has 1 heterocycles. The van der Waals surface area contributed by atoms with Crippen LogP contribution in [0.1, 0.15) is 39.0 Å². The fourth-order valence-corrected chi connectivity index (χ4v) is 0.986. The molecule has 0 aliphatic carbocycles. The van der Waals surface area contributed by atoms with Crippen LogP contribution in [0.4, 0.5) is 0 Å². The molecule has 0 saturated carbocycles. The molecule has 75 valence electrons. The number of allylic oxidation sites excluding steroid dienone is 1. The first-order chi connectivity index (χ1) is 6.35. The van der Waals surface area contributed by atoms with Crippen LogP contribution in [0.3, 0.4) is 0 Å². The van der Waals surface area contributed by atoms with Gasteiger partial charge in [-0.05, 0) is 25.7 Å². The Morgan fingerprint density at radius 2 is 2.23 bits per heavy atom. The van der Waals surface area contributed by atoms with Crippen molar-refractivity contribution in [1.29, 1.82) is 0 Å². The zero-order chi connectivity index (χ0) is 9.94. The topological polar surface area (TPSA) is 49.0 Å². The zero-order valence-electron chi connectivity index (χ0n) is 8.27. The molecule has 1 rings (SSSR count). The predicted octanol–water partition coefficient (Wildman–Crippen LogP) is 1.69. The molecule has 0 amide bonds. The minimum atomic E-state index is 0.0938. The number of hydrogen-bond acceptors (Lipinski definition) is 2. The Balaban J connectivity index is 0.000000252. The van der Waals surface area contributed by atoms with Crippen molar-refractivity contribution < 1.29 is 9.90 Å². The van der Waals surface area contributed by atoms with E-state index in [1.54, 1.807) is 0 Å². The normalized spacial score (nSPS) is 15.1. The quantitative estimate of drug-likeness (QED) is 0.664. The van der Waals surface area contributed by atoms with Gasteiger partial charge in [0.2, 0.25) is 0 Å². The largest absolute Gasteiger partial charge is 0.379 e. The molecule has 1 aliphatic rings. The van der Waals surface area contributed by atoms with Crippen molar-refractivity contribution in [3.8, 4) is 0 Å². The van der Waals surface area contributed by atoms with Gasteiger partial charge in [-0.3, -0.25) is 0 Å². The SMILES string of the molecule is CCCC[O].O=C=C1CCCCN1. The van der Waals surface area contributed by atoms with Gasteiger partial charge in [0, 0.05) is 6.54 Å². The van der Waals surface area contributed by atoms with E-state index in [1.165, 1.54) is 6.42 Å². The van der Waals surface area contributed by atoms with Crippen LogP contribution >= 0.6 is 0 Å². The summed E-state index contributed by atoms with van der Waals surface area (Å²) < 4.78 is 0. The van der Waals surface area contributed by atoms with Crippen LogP contribution < -0.4 is 5.32 Å². The molecule has 0 aromatic rings. The minimum Gasteiger partial charge on any atom is -0.379 e. The number of unbranched alkanes of at least 4 members (excludes halogenated alkanes) is 1. The second-order valence-electron chi connectivity index (χ2n) is 3.02. The van der Waals surface area contributed by atoms with Gasteiger partial charge in [-0.1, -0.05) is 13.3 Å². The van der Waals surface area contributed by atoms with E-state index in [0.29, 0.717) is 0 Å². The first-order valence-corrected chi connectivity index (χ1v) is 4.91. The molecule has 1 N–H and O–H groups in total. The van der Waals surface area contributed by atoms with Gasteiger partial charge in [0.25, 0.3) is 0 Å². The third-order valence-electron chi connectivity index (χ3n) is 1.81. The first kappa shape index (κ1) is 12.2. The van der Waals surface area contributed by atoms with E-state index in [1.807, 2.05) is 12.9 Å². The van der Waals surface area contributed by atoms with Gasteiger partial charge in [0.05, 0.1) is 12.3 Å². The maximum atomic E-state index is 9.94. The Morgan fingerprint density at radius 3 is 2.46 bits per heavy atom. The summed E-state index contributed by atoms with van der Waals surface area (Å²) in [7, 11) is 0. The molecule has 3 heteroatoms. The number of carbonyl (C=O) groups excluding carboxylic acids is 1. The molecule has 1 saturated heterocycles. The van der Waals surface area contributed by atoms with Crippen molar-refractivity contribution in [2.75, 3.05) is 13.2 Å². The second kappa shape index (κ2) is 9.30. The van der Waals surface area contributed by atoms with Crippen LogP contribution in [0.15, 0.2) is 5.70 Å². The highest BCUT2D eigenvalue weighted by Gasteiger charge is 2.02. The summed E-state index contributed by atoms with van der Waals surface area (Å²) in [5, 5.41) is 12.5. The third kappa shape index (κ3) is 7.57. The number of nitrogens with one attached hydrogen (secondary N) is 1. The lowest BCUT2D eigenvalue weighted by molar-refractivity contribution is 0.188. The van der Waals surface area contributed by atoms with Gasteiger partial charge in [0.1, 0.15) is 5.94 Å². The fourth-order valence-electron chi connectivity index (χ4n) is 0.986. The van der Waals surface area contributed by atoms with Gasteiger partial charge >= 0.3 is 0 Å². The van der Waals surface area contributed by atoms with Crippen molar-refractivity contribution in [3.05, 3.63) is 5.70 Å². The summed E-state index contributed by atoms with van der Waals surface area (Å²) in [5.41, 5.74) is 0.747. The van der Waals surface area contributed by atoms with Crippen LogP contribution in [-0.2, 0) is 9.90 Å². The van der Waals surface area contributed by atoms with Crippen LogP contribution in [-0.4, -0.2) is 19.1 Å². The molecule has 0 aromatic carbocycles. The molecular weight excluding hydrogens is 166 g/mol. The standard InChI is InChI=1S/C6H9NO.C4H9O/c8-5-6-3-1-2-4-7-6;1-2-3-4-5/h7H,1-4H2;2-4H2,1H3. The monoisotopic (exact) mass is 184 g/mol. The lowest BCUT2D eigenvalue weighted by Gasteiger charge is -2.11. The molecule has 0 spiro atoms. The molecule has 1 aliphatic heterocycles. The van der Waals surface area contributed by atoms with E-state index in [0.717, 1.165) is 37.9 Å². The fraction of sp³-hybridized carbons (Fsp3) is 0.800. The van der Waals surface area contributed by atoms with E-state index < -0.39 is 0 Å². The lowest BCUT2D eigenvalue weighted by atomic mass is 10.1. The zero-order valence-corrected chi connectivity index (χ0v) is 8.27. The van der Waals surface area contributed by atoms with Crippen LogP contribution in [0.5, 0.6) is 0 Å². The predicted molar refractivity (Wildman–Crippen MR) is 51.5 cm³/mol. The van der Waals surface area contributed by atoms with E-state index in [9.17, 15) is 9.90 Å². The molecular formula is C10H18NO2. The van der Waals surface area contributed by atoms with Crippen LogP contribution in [0.2, 0.25) is 0 Å². The summed E-state index contributed by atoms with van der Waals surface area (Å²) >= 11 is 0. The second-order valence-corrected chi connectivity index (χ2v) is 3.02. The van der Waals surface area contributed by atoms with Crippen molar-refractivity contribution in [1.82, 2.24) is 5.32 Å². The average Bonchev–Trinajstić information content (AvgIpc) is 2.21. The number of rotatable bonds is 2. The van der Waals surface area contributed by atoms with E-state index >= 15 is 0 Å². The summed E-state index contributed by atoms with van der Waals surface area (Å²) in [4.78, 5) is 9.94. The Kier molecular flexibility index (Phi) is 8.73. The van der Waals surface area contributed by atoms with Crippen LogP contribution in [0.25, 0.3) is 0 Å². The molecule has 3 nitrogen and oxygen atoms in total. The molecule has 1 radical (unpaired) electrons. The Hall–Kier alpha value is -0.790. The van der Waals surface area contributed by atoms with Gasteiger partial charge in [-0.15, -0.1) is 0 Å². The van der Waals surface area contributed by atoms with Crippen molar-refractivity contribution >= 4 is 5.94 Å². The maximum absolute atomic E-state index is 9.94. The Morgan fingerprint density at radius 1 is 1.46 bits per heavy atom. The van der Waals surface area contributed by atoms with Crippen molar-refractivity contribution in [2.45, 2.75) is 39.0 Å². The average molecular weight is 184 g/mol. The van der Waals surface area contributed by atoms with E-state index in [4.69, 9.17) is 0 Å². The third-order valence-corrected chi connectivity index (χ3v) is 1.81. The Bertz CT molecular complexity index is 152. The summed E-state index contributed by atoms with van der Waals surface area (Å²) in [5.74, 6) is 1.86. The molecule has 0 unspecified atom stereocenters. The molecule has 0 bridgehead atoms.